The zero-order chi connectivity index (χ0) is 19.3. The normalized spacial score (nSPS) is 11.5. The van der Waals surface area contributed by atoms with Gasteiger partial charge in [0, 0.05) is 18.0 Å². The van der Waals surface area contributed by atoms with E-state index in [0.29, 0.717) is 5.56 Å². The van der Waals surface area contributed by atoms with Crippen molar-refractivity contribution < 1.29 is 0 Å². The van der Waals surface area contributed by atoms with E-state index in [0.717, 1.165) is 56.3 Å². The van der Waals surface area contributed by atoms with Crippen molar-refractivity contribution in [2.24, 2.45) is 0 Å². The van der Waals surface area contributed by atoms with Gasteiger partial charge in [-0.25, -0.2) is 0 Å². The third-order valence-electron chi connectivity index (χ3n) is 5.64. The molecule has 0 fully saturated rings. The molecule has 3 nitrogen and oxygen atoms in total. The number of rotatable bonds is 1. The van der Waals surface area contributed by atoms with E-state index < -0.39 is 0 Å². The minimum absolute atomic E-state index is 0.693. The topological polar surface area (TPSA) is 60.5 Å². The summed E-state index contributed by atoms with van der Waals surface area (Å²) in [6.07, 6.45) is 2.67. The number of nitriles is 2. The first-order valence-electron chi connectivity index (χ1n) is 9.15. The average Bonchev–Trinajstić information content (AvgIpc) is 3.13. The van der Waals surface area contributed by atoms with Crippen LogP contribution in [0.25, 0.3) is 33.2 Å². The Morgan fingerprint density at radius 3 is 2.43 bits per heavy atom. The van der Waals surface area contributed by atoms with Crippen LogP contribution < -0.4 is 0 Å². The van der Waals surface area contributed by atoms with Gasteiger partial charge in [-0.15, -0.1) is 0 Å². The molecule has 1 heterocycles. The molecular weight excluding hydrogens is 342 g/mol. The van der Waals surface area contributed by atoms with Crippen molar-refractivity contribution in [2.75, 3.05) is 0 Å². The van der Waals surface area contributed by atoms with Crippen molar-refractivity contribution in [3.63, 3.8) is 0 Å². The molecule has 28 heavy (non-hydrogen) atoms. The number of benzene rings is 3. The van der Waals surface area contributed by atoms with Gasteiger partial charge in [0.25, 0.3) is 0 Å². The second-order valence-electron chi connectivity index (χ2n) is 7.10. The molecule has 1 aliphatic rings. The first-order chi connectivity index (χ1) is 13.7. The summed E-state index contributed by atoms with van der Waals surface area (Å²) in [5.41, 5.74) is 10.0. The summed E-state index contributed by atoms with van der Waals surface area (Å²) in [5, 5.41) is 19.9. The maximum atomic E-state index is 9.47. The fourth-order valence-corrected chi connectivity index (χ4v) is 4.23. The van der Waals surface area contributed by atoms with Crippen LogP contribution in [0.3, 0.4) is 0 Å². The predicted molar refractivity (Wildman–Crippen MR) is 110 cm³/mol. The molecule has 0 saturated carbocycles. The van der Waals surface area contributed by atoms with Crippen LogP contribution in [-0.4, -0.2) is 4.98 Å². The number of hydrogen-bond acceptors (Lipinski definition) is 3. The quantitative estimate of drug-likeness (QED) is 0.396. The van der Waals surface area contributed by atoms with Crippen LogP contribution in [-0.2, 0) is 6.42 Å². The lowest BCUT2D eigenvalue weighted by molar-refractivity contribution is 1.21. The molecule has 0 bridgehead atoms. The average molecular weight is 357 g/mol. The highest BCUT2D eigenvalue weighted by atomic mass is 14.7. The zero-order valence-electron chi connectivity index (χ0n) is 15.3. The van der Waals surface area contributed by atoms with Crippen molar-refractivity contribution in [3.05, 3.63) is 88.6 Å². The molecule has 0 aliphatic heterocycles. The van der Waals surface area contributed by atoms with E-state index in [2.05, 4.69) is 41.4 Å². The fraction of sp³-hybridized carbons (Fsp3) is 0.0800. The molecule has 0 saturated heterocycles. The molecule has 130 valence electrons. The van der Waals surface area contributed by atoms with E-state index in [-0.39, 0.29) is 0 Å². The van der Waals surface area contributed by atoms with Gasteiger partial charge in [0.2, 0.25) is 0 Å². The maximum absolute atomic E-state index is 9.47. The number of fused-ring (bicyclic) bond motifs is 5. The molecule has 0 amide bonds. The van der Waals surface area contributed by atoms with Crippen LogP contribution in [0, 0.1) is 29.6 Å². The largest absolute Gasteiger partial charge is 0.256 e. The molecular formula is C25H15N3. The van der Waals surface area contributed by atoms with Gasteiger partial charge in [-0.2, -0.15) is 10.5 Å². The minimum Gasteiger partial charge on any atom is -0.256 e. The third kappa shape index (κ3) is 2.24. The zero-order valence-corrected chi connectivity index (χ0v) is 15.3. The molecule has 0 unspecified atom stereocenters. The third-order valence-corrected chi connectivity index (χ3v) is 5.64. The molecule has 1 aromatic heterocycles. The number of pyridine rings is 1. The van der Waals surface area contributed by atoms with Crippen molar-refractivity contribution in [3.8, 4) is 34.4 Å². The van der Waals surface area contributed by atoms with E-state index in [1.54, 1.807) is 0 Å². The minimum atomic E-state index is 0.693. The van der Waals surface area contributed by atoms with Gasteiger partial charge in [0.15, 0.2) is 0 Å². The summed E-state index contributed by atoms with van der Waals surface area (Å²) >= 11 is 0. The van der Waals surface area contributed by atoms with Gasteiger partial charge in [-0.3, -0.25) is 4.98 Å². The van der Waals surface area contributed by atoms with Gasteiger partial charge in [0.05, 0.1) is 28.8 Å². The Bertz CT molecular complexity index is 1370. The van der Waals surface area contributed by atoms with Crippen LogP contribution in [0.4, 0.5) is 0 Å². The van der Waals surface area contributed by atoms with E-state index in [1.807, 2.05) is 43.5 Å². The Balaban J connectivity index is 1.79. The summed E-state index contributed by atoms with van der Waals surface area (Å²) in [7, 11) is 0. The van der Waals surface area contributed by atoms with E-state index in [9.17, 15) is 10.5 Å². The van der Waals surface area contributed by atoms with Crippen molar-refractivity contribution in [2.45, 2.75) is 13.3 Å². The highest BCUT2D eigenvalue weighted by molar-refractivity contribution is 6.01. The molecule has 0 atom stereocenters. The first-order valence-corrected chi connectivity index (χ1v) is 9.15. The van der Waals surface area contributed by atoms with Crippen molar-refractivity contribution in [1.82, 2.24) is 4.98 Å². The number of aromatic nitrogens is 1. The van der Waals surface area contributed by atoms with Gasteiger partial charge in [-0.1, -0.05) is 30.3 Å². The summed E-state index contributed by atoms with van der Waals surface area (Å²) in [5.74, 6) is 0. The fourth-order valence-electron chi connectivity index (χ4n) is 4.23. The highest BCUT2D eigenvalue weighted by Crippen LogP contribution is 2.42. The summed E-state index contributed by atoms with van der Waals surface area (Å²) in [6.45, 7) is 1.99. The Labute approximate surface area is 163 Å². The SMILES string of the molecule is Cc1c(C#N)cccc1-c1ccc2ncc3c(c2c1)-c1cccc(C#N)c1C3. The molecule has 4 aromatic rings. The van der Waals surface area contributed by atoms with E-state index in [4.69, 9.17) is 0 Å². The second-order valence-corrected chi connectivity index (χ2v) is 7.10. The van der Waals surface area contributed by atoms with E-state index in [1.165, 1.54) is 5.56 Å². The summed E-state index contributed by atoms with van der Waals surface area (Å²) in [4.78, 5) is 4.65. The lowest BCUT2D eigenvalue weighted by atomic mass is 9.93. The molecule has 0 radical (unpaired) electrons. The van der Waals surface area contributed by atoms with Crippen LogP contribution >= 0.6 is 0 Å². The van der Waals surface area contributed by atoms with Crippen molar-refractivity contribution >= 4 is 10.9 Å². The first kappa shape index (κ1) is 16.2. The summed E-state index contributed by atoms with van der Waals surface area (Å²) < 4.78 is 0. The number of nitrogens with zero attached hydrogens (tertiary/aromatic N) is 3. The summed E-state index contributed by atoms with van der Waals surface area (Å²) in [6, 6.07) is 22.6. The lowest BCUT2D eigenvalue weighted by Crippen LogP contribution is -1.90. The van der Waals surface area contributed by atoms with E-state index >= 15 is 0 Å². The van der Waals surface area contributed by atoms with Gasteiger partial charge >= 0.3 is 0 Å². The van der Waals surface area contributed by atoms with Gasteiger partial charge in [-0.05, 0) is 70.1 Å². The Morgan fingerprint density at radius 1 is 0.893 bits per heavy atom. The standard InChI is InChI=1S/C25H15N3/c1-15-17(12-26)4-2-6-20(15)16-8-9-24-23(10-16)25-19(14-28-24)11-22-18(13-27)5-3-7-21(22)25/h2-10,14H,11H2,1H3. The van der Waals surface area contributed by atoms with Crippen LogP contribution in [0.5, 0.6) is 0 Å². The smallest absolute Gasteiger partial charge is 0.0994 e. The lowest BCUT2D eigenvalue weighted by Gasteiger charge is -2.11. The molecule has 3 aromatic carbocycles. The highest BCUT2D eigenvalue weighted by Gasteiger charge is 2.24. The van der Waals surface area contributed by atoms with Crippen molar-refractivity contribution in [1.29, 1.82) is 10.5 Å². The molecule has 1 aliphatic carbocycles. The Hall–Kier alpha value is -3.95. The second kappa shape index (κ2) is 6.05. The van der Waals surface area contributed by atoms with Gasteiger partial charge < -0.3 is 0 Å². The van der Waals surface area contributed by atoms with Crippen LogP contribution in [0.15, 0.2) is 60.8 Å². The van der Waals surface area contributed by atoms with Gasteiger partial charge in [0.1, 0.15) is 0 Å². The maximum Gasteiger partial charge on any atom is 0.0994 e. The molecule has 5 rings (SSSR count). The molecule has 0 spiro atoms. The Kier molecular flexibility index (Phi) is 3.51. The molecule has 0 N–H and O–H groups in total. The van der Waals surface area contributed by atoms with Crippen LogP contribution in [0.1, 0.15) is 27.8 Å². The van der Waals surface area contributed by atoms with Crippen LogP contribution in [0.2, 0.25) is 0 Å². The number of hydrogen-bond donors (Lipinski definition) is 0. The Morgan fingerprint density at radius 2 is 1.64 bits per heavy atom. The monoisotopic (exact) mass is 357 g/mol. The molecule has 3 heteroatoms. The predicted octanol–water partition coefficient (Wildman–Crippen LogP) is 5.52.